The summed E-state index contributed by atoms with van der Waals surface area (Å²) in [5, 5.41) is 14.0. The van der Waals surface area contributed by atoms with Crippen LogP contribution in [0.4, 0.5) is 0 Å². The number of nitrogens with zero attached hydrogens (tertiary/aromatic N) is 2. The normalized spacial score (nSPS) is 12.3. The van der Waals surface area contributed by atoms with Gasteiger partial charge in [0, 0.05) is 12.2 Å². The van der Waals surface area contributed by atoms with Crippen molar-refractivity contribution in [3.8, 4) is 11.5 Å². The zero-order chi connectivity index (χ0) is 13.0. The van der Waals surface area contributed by atoms with Crippen LogP contribution in [0.1, 0.15) is 32.0 Å². The van der Waals surface area contributed by atoms with E-state index in [0.29, 0.717) is 18.4 Å². The number of phenolic OH excluding ortho intramolecular Hbond substituents is 1. The average molecular weight is 246 g/mol. The van der Waals surface area contributed by atoms with Gasteiger partial charge in [-0.25, -0.2) is 0 Å². The molecule has 0 saturated carbocycles. The van der Waals surface area contributed by atoms with Gasteiger partial charge in [-0.3, -0.25) is 4.68 Å². The molecule has 1 aromatic heterocycles. The first-order valence-corrected chi connectivity index (χ1v) is 6.15. The molecule has 18 heavy (non-hydrogen) atoms. The highest BCUT2D eigenvalue weighted by Gasteiger charge is 2.06. The van der Waals surface area contributed by atoms with Crippen molar-refractivity contribution in [2.24, 2.45) is 0 Å². The molecule has 0 saturated heterocycles. The minimum atomic E-state index is 0.152. The summed E-state index contributed by atoms with van der Waals surface area (Å²) in [6, 6.07) is 9.26. The Labute approximate surface area is 107 Å². The van der Waals surface area contributed by atoms with Crippen LogP contribution < -0.4 is 4.74 Å². The average Bonchev–Trinajstić information content (AvgIpc) is 2.86. The fraction of sp³-hybridized carbons (Fsp3) is 0.357. The van der Waals surface area contributed by atoms with Crippen LogP contribution in [0.2, 0.25) is 0 Å². The maximum atomic E-state index is 9.57. The fourth-order valence-corrected chi connectivity index (χ4v) is 1.62. The van der Waals surface area contributed by atoms with Gasteiger partial charge in [0.1, 0.15) is 6.61 Å². The molecule has 1 unspecified atom stereocenters. The first kappa shape index (κ1) is 12.5. The molecule has 0 aliphatic heterocycles. The molecule has 2 rings (SSSR count). The van der Waals surface area contributed by atoms with E-state index in [9.17, 15) is 5.11 Å². The predicted molar refractivity (Wildman–Crippen MR) is 69.7 cm³/mol. The van der Waals surface area contributed by atoms with Gasteiger partial charge in [-0.1, -0.05) is 19.1 Å². The summed E-state index contributed by atoms with van der Waals surface area (Å²) >= 11 is 0. The summed E-state index contributed by atoms with van der Waals surface area (Å²) in [4.78, 5) is 0. The molecule has 1 N–H and O–H groups in total. The number of hydrogen-bond acceptors (Lipinski definition) is 3. The predicted octanol–water partition coefficient (Wildman–Crippen LogP) is 3.14. The van der Waals surface area contributed by atoms with Gasteiger partial charge in [0.25, 0.3) is 0 Å². The zero-order valence-corrected chi connectivity index (χ0v) is 10.7. The Morgan fingerprint density at radius 3 is 2.83 bits per heavy atom. The lowest BCUT2D eigenvalue weighted by Gasteiger charge is -2.08. The zero-order valence-electron chi connectivity index (χ0n) is 10.7. The van der Waals surface area contributed by atoms with E-state index < -0.39 is 0 Å². The van der Waals surface area contributed by atoms with E-state index in [1.54, 1.807) is 18.2 Å². The molecule has 0 bridgehead atoms. The van der Waals surface area contributed by atoms with Crippen molar-refractivity contribution in [1.82, 2.24) is 9.78 Å². The molecular formula is C14H18N2O2. The lowest BCUT2D eigenvalue weighted by Crippen LogP contribution is -2.05. The van der Waals surface area contributed by atoms with Crippen molar-refractivity contribution in [3.05, 3.63) is 42.2 Å². The number of aromatic nitrogens is 2. The Hall–Kier alpha value is -1.97. The number of benzene rings is 1. The molecule has 1 atom stereocenters. The number of ether oxygens (including phenoxy) is 1. The van der Waals surface area contributed by atoms with Crippen LogP contribution >= 0.6 is 0 Å². The molecule has 0 amide bonds. The van der Waals surface area contributed by atoms with Gasteiger partial charge in [-0.2, -0.15) is 5.10 Å². The monoisotopic (exact) mass is 246 g/mol. The van der Waals surface area contributed by atoms with E-state index in [1.807, 2.05) is 23.0 Å². The molecule has 0 aliphatic carbocycles. The van der Waals surface area contributed by atoms with Crippen molar-refractivity contribution in [2.75, 3.05) is 0 Å². The van der Waals surface area contributed by atoms with Gasteiger partial charge in [0.15, 0.2) is 11.5 Å². The summed E-state index contributed by atoms with van der Waals surface area (Å²) < 4.78 is 7.46. The van der Waals surface area contributed by atoms with E-state index in [2.05, 4.69) is 18.9 Å². The highest BCUT2D eigenvalue weighted by Crippen LogP contribution is 2.25. The van der Waals surface area contributed by atoms with Gasteiger partial charge in [0.2, 0.25) is 0 Å². The summed E-state index contributed by atoms with van der Waals surface area (Å²) in [6.45, 7) is 4.62. The van der Waals surface area contributed by atoms with Gasteiger partial charge in [-0.05, 0) is 31.5 Å². The molecule has 1 aromatic carbocycles. The maximum absolute atomic E-state index is 9.57. The van der Waals surface area contributed by atoms with Crippen LogP contribution in [0.25, 0.3) is 0 Å². The molecule has 96 valence electrons. The third-order valence-corrected chi connectivity index (χ3v) is 2.95. The quantitative estimate of drug-likeness (QED) is 0.881. The van der Waals surface area contributed by atoms with Gasteiger partial charge in [-0.15, -0.1) is 0 Å². The highest BCUT2D eigenvalue weighted by molar-refractivity contribution is 5.37. The number of rotatable bonds is 5. The molecule has 2 aromatic rings. The smallest absolute Gasteiger partial charge is 0.161 e. The van der Waals surface area contributed by atoms with Crippen molar-refractivity contribution >= 4 is 0 Å². The third kappa shape index (κ3) is 2.83. The number of aromatic hydroxyl groups is 1. The van der Waals surface area contributed by atoms with Crippen LogP contribution in [0.3, 0.4) is 0 Å². The Bertz CT molecular complexity index is 508. The Kier molecular flexibility index (Phi) is 3.87. The number of hydrogen-bond donors (Lipinski definition) is 1. The molecule has 4 nitrogen and oxygen atoms in total. The first-order valence-electron chi connectivity index (χ1n) is 6.15. The maximum Gasteiger partial charge on any atom is 0.161 e. The number of para-hydroxylation sites is 2. The number of phenols is 1. The fourth-order valence-electron chi connectivity index (χ4n) is 1.62. The largest absolute Gasteiger partial charge is 0.504 e. The molecule has 0 aliphatic rings. The second-order valence-electron chi connectivity index (χ2n) is 4.30. The molecule has 0 radical (unpaired) electrons. The van der Waals surface area contributed by atoms with Crippen molar-refractivity contribution in [2.45, 2.75) is 32.9 Å². The minimum absolute atomic E-state index is 0.152. The van der Waals surface area contributed by atoms with Gasteiger partial charge in [0.05, 0.1) is 5.69 Å². The minimum Gasteiger partial charge on any atom is -0.504 e. The Morgan fingerprint density at radius 1 is 1.33 bits per heavy atom. The highest BCUT2D eigenvalue weighted by atomic mass is 16.5. The molecule has 0 fully saturated rings. The second kappa shape index (κ2) is 5.58. The lowest BCUT2D eigenvalue weighted by atomic mass is 10.3. The van der Waals surface area contributed by atoms with Crippen LogP contribution in [0.5, 0.6) is 11.5 Å². The second-order valence-corrected chi connectivity index (χ2v) is 4.30. The lowest BCUT2D eigenvalue weighted by molar-refractivity contribution is 0.282. The van der Waals surface area contributed by atoms with Crippen molar-refractivity contribution in [1.29, 1.82) is 0 Å². The summed E-state index contributed by atoms with van der Waals surface area (Å²) in [7, 11) is 0. The summed E-state index contributed by atoms with van der Waals surface area (Å²) in [5.41, 5.74) is 0.860. The Balaban J connectivity index is 1.98. The van der Waals surface area contributed by atoms with Crippen LogP contribution in [-0.4, -0.2) is 14.9 Å². The van der Waals surface area contributed by atoms with Crippen LogP contribution in [0.15, 0.2) is 36.5 Å². The standard InChI is InChI=1S/C14H18N2O2/c1-3-11(2)16-9-8-12(15-16)10-18-14-7-5-4-6-13(14)17/h4-9,11,17H,3,10H2,1-2H3. The van der Waals surface area contributed by atoms with E-state index in [0.717, 1.165) is 12.1 Å². The van der Waals surface area contributed by atoms with Gasteiger partial charge < -0.3 is 9.84 Å². The molecular weight excluding hydrogens is 228 g/mol. The van der Waals surface area contributed by atoms with Crippen LogP contribution in [0, 0.1) is 0 Å². The Morgan fingerprint density at radius 2 is 2.11 bits per heavy atom. The molecule has 4 heteroatoms. The SMILES string of the molecule is CCC(C)n1ccc(COc2ccccc2O)n1. The molecule has 0 spiro atoms. The topological polar surface area (TPSA) is 47.3 Å². The van der Waals surface area contributed by atoms with E-state index in [-0.39, 0.29) is 5.75 Å². The van der Waals surface area contributed by atoms with Crippen molar-refractivity contribution in [3.63, 3.8) is 0 Å². The van der Waals surface area contributed by atoms with Crippen LogP contribution in [-0.2, 0) is 6.61 Å². The summed E-state index contributed by atoms with van der Waals surface area (Å²) in [5.74, 6) is 0.634. The third-order valence-electron chi connectivity index (χ3n) is 2.95. The first-order chi connectivity index (χ1) is 8.70. The molecule has 1 heterocycles. The van der Waals surface area contributed by atoms with Gasteiger partial charge >= 0.3 is 0 Å². The summed E-state index contributed by atoms with van der Waals surface area (Å²) in [6.07, 6.45) is 3.00. The van der Waals surface area contributed by atoms with E-state index in [4.69, 9.17) is 4.74 Å². The van der Waals surface area contributed by atoms with Crippen molar-refractivity contribution < 1.29 is 9.84 Å². The van der Waals surface area contributed by atoms with E-state index >= 15 is 0 Å². The van der Waals surface area contributed by atoms with E-state index in [1.165, 1.54) is 0 Å².